The van der Waals surface area contributed by atoms with E-state index in [9.17, 15) is 4.79 Å². The molecule has 0 radical (unpaired) electrons. The van der Waals surface area contributed by atoms with Gasteiger partial charge in [-0.3, -0.25) is 9.36 Å². The first-order valence-corrected chi connectivity index (χ1v) is 7.32. The van der Waals surface area contributed by atoms with Crippen LogP contribution >= 0.6 is 11.6 Å². The van der Waals surface area contributed by atoms with E-state index in [1.165, 1.54) is 12.8 Å². The van der Waals surface area contributed by atoms with Crippen molar-refractivity contribution in [2.45, 2.75) is 38.1 Å². The van der Waals surface area contributed by atoms with E-state index in [2.05, 4.69) is 11.9 Å². The van der Waals surface area contributed by atoms with Gasteiger partial charge >= 0.3 is 0 Å². The van der Waals surface area contributed by atoms with Gasteiger partial charge in [-0.25, -0.2) is 4.98 Å². The Morgan fingerprint density at radius 2 is 2.16 bits per heavy atom. The van der Waals surface area contributed by atoms with Crippen LogP contribution in [0.1, 0.15) is 38.1 Å². The second-order valence-electron chi connectivity index (χ2n) is 5.33. The van der Waals surface area contributed by atoms with Gasteiger partial charge in [0.2, 0.25) is 0 Å². The van der Waals surface area contributed by atoms with Gasteiger partial charge in [0.1, 0.15) is 5.82 Å². The number of alkyl halides is 1. The van der Waals surface area contributed by atoms with Crippen LogP contribution in [0, 0.1) is 5.92 Å². The predicted molar refractivity (Wildman–Crippen MR) is 77.6 cm³/mol. The van der Waals surface area contributed by atoms with Crippen molar-refractivity contribution in [2.75, 3.05) is 0 Å². The van der Waals surface area contributed by atoms with Gasteiger partial charge in [-0.15, -0.1) is 11.6 Å². The third-order valence-electron chi connectivity index (χ3n) is 4.15. The summed E-state index contributed by atoms with van der Waals surface area (Å²) >= 11 is 6.01. The highest BCUT2D eigenvalue weighted by Gasteiger charge is 2.28. The Bertz CT molecular complexity index is 665. The van der Waals surface area contributed by atoms with Gasteiger partial charge < -0.3 is 0 Å². The van der Waals surface area contributed by atoms with E-state index in [1.54, 1.807) is 0 Å². The quantitative estimate of drug-likeness (QED) is 0.787. The lowest BCUT2D eigenvalue weighted by Gasteiger charge is -2.21. The Morgan fingerprint density at radius 1 is 1.37 bits per heavy atom. The second kappa shape index (κ2) is 4.97. The SMILES string of the molecule is CC1CCCC1n1c(CCl)nc2ccccc2c1=O. The van der Waals surface area contributed by atoms with Crippen LogP contribution in [0.4, 0.5) is 0 Å². The van der Waals surface area contributed by atoms with Gasteiger partial charge in [0.05, 0.1) is 16.8 Å². The molecule has 3 rings (SSSR count). The lowest BCUT2D eigenvalue weighted by Crippen LogP contribution is -2.30. The third kappa shape index (κ3) is 2.06. The van der Waals surface area contributed by atoms with E-state index >= 15 is 0 Å². The summed E-state index contributed by atoms with van der Waals surface area (Å²) in [4.78, 5) is 17.3. The fourth-order valence-electron chi connectivity index (χ4n) is 3.14. The van der Waals surface area contributed by atoms with Gasteiger partial charge in [-0.1, -0.05) is 25.5 Å². The van der Waals surface area contributed by atoms with Crippen LogP contribution in [0.3, 0.4) is 0 Å². The Labute approximate surface area is 117 Å². The molecule has 0 aliphatic heterocycles. The minimum absolute atomic E-state index is 0.0556. The van der Waals surface area contributed by atoms with Crippen LogP contribution in [-0.4, -0.2) is 9.55 Å². The molecule has 19 heavy (non-hydrogen) atoms. The van der Waals surface area contributed by atoms with E-state index in [0.29, 0.717) is 17.1 Å². The van der Waals surface area contributed by atoms with Gasteiger partial charge in [0.15, 0.2) is 0 Å². The molecule has 0 spiro atoms. The van der Waals surface area contributed by atoms with Crippen molar-refractivity contribution in [3.8, 4) is 0 Å². The van der Waals surface area contributed by atoms with Crippen molar-refractivity contribution in [3.63, 3.8) is 0 Å². The van der Waals surface area contributed by atoms with E-state index in [0.717, 1.165) is 11.9 Å². The molecule has 1 heterocycles. The highest BCUT2D eigenvalue weighted by molar-refractivity contribution is 6.16. The molecule has 1 aliphatic rings. The van der Waals surface area contributed by atoms with Gasteiger partial charge in [-0.05, 0) is 30.9 Å². The number of hydrogen-bond acceptors (Lipinski definition) is 2. The lowest BCUT2D eigenvalue weighted by molar-refractivity contribution is 0.387. The number of benzene rings is 1. The Balaban J connectivity index is 2.27. The smallest absolute Gasteiger partial charge is 0.261 e. The maximum Gasteiger partial charge on any atom is 0.261 e. The van der Waals surface area contributed by atoms with Crippen molar-refractivity contribution < 1.29 is 0 Å². The molecule has 0 amide bonds. The highest BCUT2D eigenvalue weighted by atomic mass is 35.5. The number of fused-ring (bicyclic) bond motifs is 1. The minimum atomic E-state index is 0.0556. The van der Waals surface area contributed by atoms with Crippen LogP contribution in [0.5, 0.6) is 0 Å². The molecule has 1 saturated carbocycles. The van der Waals surface area contributed by atoms with Crippen LogP contribution in [0.2, 0.25) is 0 Å². The topological polar surface area (TPSA) is 34.9 Å². The third-order valence-corrected chi connectivity index (χ3v) is 4.39. The first-order valence-electron chi connectivity index (χ1n) is 6.78. The second-order valence-corrected chi connectivity index (χ2v) is 5.60. The lowest BCUT2D eigenvalue weighted by atomic mass is 10.1. The minimum Gasteiger partial charge on any atom is -0.292 e. The van der Waals surface area contributed by atoms with Crippen LogP contribution < -0.4 is 5.56 Å². The van der Waals surface area contributed by atoms with Crippen LogP contribution in [0.25, 0.3) is 10.9 Å². The first-order chi connectivity index (χ1) is 9.22. The maximum absolute atomic E-state index is 12.7. The van der Waals surface area contributed by atoms with E-state index < -0.39 is 0 Å². The summed E-state index contributed by atoms with van der Waals surface area (Å²) in [6.45, 7) is 2.21. The first kappa shape index (κ1) is 12.7. The summed E-state index contributed by atoms with van der Waals surface area (Å²) in [6.07, 6.45) is 3.39. The number of rotatable bonds is 2. The van der Waals surface area contributed by atoms with Crippen molar-refractivity contribution in [2.24, 2.45) is 5.92 Å². The molecular weight excluding hydrogens is 260 g/mol. The number of para-hydroxylation sites is 1. The van der Waals surface area contributed by atoms with Crippen molar-refractivity contribution in [1.82, 2.24) is 9.55 Å². The normalized spacial score (nSPS) is 23.1. The zero-order valence-electron chi connectivity index (χ0n) is 11.0. The van der Waals surface area contributed by atoms with Gasteiger partial charge in [0.25, 0.3) is 5.56 Å². The Hall–Kier alpha value is -1.35. The molecule has 1 aliphatic carbocycles. The highest BCUT2D eigenvalue weighted by Crippen LogP contribution is 2.35. The average molecular weight is 277 g/mol. The molecule has 2 aromatic rings. The molecular formula is C15H17ClN2O. The molecule has 0 N–H and O–H groups in total. The molecule has 2 unspecified atom stereocenters. The molecule has 100 valence electrons. The summed E-state index contributed by atoms with van der Waals surface area (Å²) in [7, 11) is 0. The standard InChI is InChI=1S/C15H17ClN2O/c1-10-5-4-8-13(10)18-14(9-16)17-12-7-3-2-6-11(12)15(18)19/h2-3,6-7,10,13H,4-5,8-9H2,1H3. The van der Waals surface area contributed by atoms with Crippen molar-refractivity contribution in [1.29, 1.82) is 0 Å². The fourth-order valence-corrected chi connectivity index (χ4v) is 3.33. The Morgan fingerprint density at radius 3 is 2.84 bits per heavy atom. The Kier molecular flexibility index (Phi) is 3.31. The summed E-state index contributed by atoms with van der Waals surface area (Å²) in [6, 6.07) is 7.75. The molecule has 1 fully saturated rings. The maximum atomic E-state index is 12.7. The summed E-state index contributed by atoms with van der Waals surface area (Å²) in [5.41, 5.74) is 0.796. The number of halogens is 1. The molecule has 1 aromatic carbocycles. The largest absolute Gasteiger partial charge is 0.292 e. The zero-order valence-corrected chi connectivity index (χ0v) is 11.7. The number of aromatic nitrogens is 2. The van der Waals surface area contributed by atoms with E-state index in [-0.39, 0.29) is 17.5 Å². The van der Waals surface area contributed by atoms with E-state index in [4.69, 9.17) is 11.6 Å². The van der Waals surface area contributed by atoms with Gasteiger partial charge in [0, 0.05) is 6.04 Å². The number of nitrogens with zero attached hydrogens (tertiary/aromatic N) is 2. The van der Waals surface area contributed by atoms with E-state index in [1.807, 2.05) is 28.8 Å². The summed E-state index contributed by atoms with van der Waals surface area (Å²) in [5, 5.41) is 0.690. The van der Waals surface area contributed by atoms with Crippen molar-refractivity contribution in [3.05, 3.63) is 40.4 Å². The summed E-state index contributed by atoms with van der Waals surface area (Å²) < 4.78 is 1.84. The predicted octanol–water partition coefficient (Wildman–Crippen LogP) is 3.50. The fraction of sp³-hybridized carbons (Fsp3) is 0.467. The van der Waals surface area contributed by atoms with Crippen molar-refractivity contribution >= 4 is 22.5 Å². The average Bonchev–Trinajstić information content (AvgIpc) is 2.84. The van der Waals surface area contributed by atoms with Crippen LogP contribution in [0.15, 0.2) is 29.1 Å². The summed E-state index contributed by atoms with van der Waals surface area (Å²) in [5.74, 6) is 1.50. The molecule has 1 aromatic heterocycles. The zero-order chi connectivity index (χ0) is 13.4. The molecule has 3 nitrogen and oxygen atoms in total. The molecule has 4 heteroatoms. The van der Waals surface area contributed by atoms with Crippen LogP contribution in [-0.2, 0) is 5.88 Å². The van der Waals surface area contributed by atoms with Gasteiger partial charge in [-0.2, -0.15) is 0 Å². The monoisotopic (exact) mass is 276 g/mol. The molecule has 2 atom stereocenters. The molecule has 0 saturated heterocycles. The number of hydrogen-bond donors (Lipinski definition) is 0. The molecule has 0 bridgehead atoms.